The first-order chi connectivity index (χ1) is 10.7. The number of nitrogens with zero attached hydrogens (tertiary/aromatic N) is 1. The molecule has 0 aliphatic heterocycles. The van der Waals surface area contributed by atoms with Gasteiger partial charge in [-0.3, -0.25) is 4.79 Å². The van der Waals surface area contributed by atoms with Gasteiger partial charge in [-0.1, -0.05) is 29.8 Å². The summed E-state index contributed by atoms with van der Waals surface area (Å²) in [6.45, 7) is 0.928. The smallest absolute Gasteiger partial charge is 0.238 e. The highest BCUT2D eigenvalue weighted by molar-refractivity contribution is 6.30. The molecule has 4 nitrogen and oxygen atoms in total. The number of benzene rings is 2. The minimum Gasteiger partial charge on any atom is -0.325 e. The zero-order valence-electron chi connectivity index (χ0n) is 12.0. The fourth-order valence-electron chi connectivity index (χ4n) is 1.96. The monoisotopic (exact) mass is 313 g/mol. The first-order valence-corrected chi connectivity index (χ1v) is 7.30. The van der Waals surface area contributed by atoms with E-state index in [-0.39, 0.29) is 12.5 Å². The molecule has 0 saturated heterocycles. The number of hydrogen-bond donors (Lipinski definition) is 2. The van der Waals surface area contributed by atoms with Crippen LogP contribution in [0.3, 0.4) is 0 Å². The van der Waals surface area contributed by atoms with Crippen LogP contribution in [0.2, 0.25) is 5.02 Å². The topological polar surface area (TPSA) is 64.9 Å². The second-order valence-corrected chi connectivity index (χ2v) is 5.23. The Bertz CT molecular complexity index is 677. The first-order valence-electron chi connectivity index (χ1n) is 6.92. The molecular weight excluding hydrogens is 298 g/mol. The van der Waals surface area contributed by atoms with E-state index in [1.807, 2.05) is 30.3 Å². The molecule has 2 aromatic rings. The van der Waals surface area contributed by atoms with Crippen molar-refractivity contribution in [2.75, 3.05) is 18.4 Å². The highest BCUT2D eigenvalue weighted by Crippen LogP contribution is 2.10. The van der Waals surface area contributed by atoms with Gasteiger partial charge in [-0.2, -0.15) is 5.26 Å². The van der Waals surface area contributed by atoms with Crippen molar-refractivity contribution in [3.8, 4) is 6.07 Å². The number of halogens is 1. The number of hydrogen-bond acceptors (Lipinski definition) is 3. The molecule has 2 N–H and O–H groups in total. The Morgan fingerprint density at radius 2 is 1.95 bits per heavy atom. The van der Waals surface area contributed by atoms with Crippen LogP contribution in [-0.2, 0) is 11.2 Å². The highest BCUT2D eigenvalue weighted by atomic mass is 35.5. The van der Waals surface area contributed by atoms with Crippen LogP contribution in [0.4, 0.5) is 5.69 Å². The van der Waals surface area contributed by atoms with Gasteiger partial charge in [-0.25, -0.2) is 0 Å². The Kier molecular flexibility index (Phi) is 5.96. The summed E-state index contributed by atoms with van der Waals surface area (Å²) >= 11 is 5.82. The fourth-order valence-corrected chi connectivity index (χ4v) is 2.08. The van der Waals surface area contributed by atoms with Gasteiger partial charge in [-0.05, 0) is 48.9 Å². The summed E-state index contributed by atoms with van der Waals surface area (Å²) in [5.41, 5.74) is 2.32. The number of nitrogens with one attached hydrogen (secondary N) is 2. The molecule has 112 valence electrons. The average Bonchev–Trinajstić information content (AvgIpc) is 2.53. The van der Waals surface area contributed by atoms with Gasteiger partial charge in [0.05, 0.1) is 18.2 Å². The Morgan fingerprint density at radius 3 is 2.68 bits per heavy atom. The van der Waals surface area contributed by atoms with E-state index in [9.17, 15) is 4.79 Å². The lowest BCUT2D eigenvalue weighted by atomic mass is 10.1. The predicted octanol–water partition coefficient (Wildman–Crippen LogP) is 2.98. The molecule has 0 aromatic heterocycles. The van der Waals surface area contributed by atoms with Crippen molar-refractivity contribution in [3.63, 3.8) is 0 Å². The fraction of sp³-hybridized carbons (Fsp3) is 0.176. The molecule has 0 atom stereocenters. The quantitative estimate of drug-likeness (QED) is 0.806. The third-order valence-electron chi connectivity index (χ3n) is 3.06. The van der Waals surface area contributed by atoms with Crippen LogP contribution in [0.1, 0.15) is 11.1 Å². The van der Waals surface area contributed by atoms with E-state index in [4.69, 9.17) is 16.9 Å². The largest absolute Gasteiger partial charge is 0.325 e. The zero-order valence-corrected chi connectivity index (χ0v) is 12.7. The maximum Gasteiger partial charge on any atom is 0.238 e. The molecule has 1 amide bonds. The van der Waals surface area contributed by atoms with Crippen LogP contribution in [0.15, 0.2) is 48.5 Å². The third kappa shape index (κ3) is 5.21. The molecule has 5 heteroatoms. The molecule has 0 aliphatic rings. The first kappa shape index (κ1) is 16.0. The second kappa shape index (κ2) is 8.18. The van der Waals surface area contributed by atoms with Crippen LogP contribution in [0.25, 0.3) is 0 Å². The molecule has 0 aliphatic carbocycles. The standard InChI is InChI=1S/C17H16ClN3O/c18-15-6-4-13(5-7-15)8-9-20-12-17(22)21-16-3-1-2-14(10-16)11-19/h1-7,10,20H,8-9,12H2,(H,21,22). The molecule has 0 unspecified atom stereocenters. The van der Waals surface area contributed by atoms with Crippen molar-refractivity contribution in [1.82, 2.24) is 5.32 Å². The molecule has 0 heterocycles. The molecule has 2 rings (SSSR count). The Morgan fingerprint density at radius 1 is 1.18 bits per heavy atom. The molecule has 0 radical (unpaired) electrons. The third-order valence-corrected chi connectivity index (χ3v) is 3.32. The maximum atomic E-state index is 11.8. The van der Waals surface area contributed by atoms with Gasteiger partial charge < -0.3 is 10.6 Å². The molecule has 0 saturated carbocycles. The van der Waals surface area contributed by atoms with Gasteiger partial charge in [0.2, 0.25) is 5.91 Å². The molecule has 0 bridgehead atoms. The van der Waals surface area contributed by atoms with Crippen LogP contribution in [0.5, 0.6) is 0 Å². The van der Waals surface area contributed by atoms with Gasteiger partial charge in [0.15, 0.2) is 0 Å². The Hall–Kier alpha value is -2.35. The number of carbonyl (C=O) groups is 1. The summed E-state index contributed by atoms with van der Waals surface area (Å²) in [6, 6.07) is 16.5. The summed E-state index contributed by atoms with van der Waals surface area (Å²) in [5.74, 6) is -0.133. The maximum absolute atomic E-state index is 11.8. The molecule has 0 fully saturated rings. The normalized spacial score (nSPS) is 10.0. The summed E-state index contributed by atoms with van der Waals surface area (Å²) in [6.07, 6.45) is 0.828. The number of rotatable bonds is 6. The molecule has 0 spiro atoms. The highest BCUT2D eigenvalue weighted by Gasteiger charge is 2.02. The van der Waals surface area contributed by atoms with Crippen molar-refractivity contribution in [2.24, 2.45) is 0 Å². The number of anilines is 1. The number of amides is 1. The number of nitriles is 1. The summed E-state index contributed by atoms with van der Waals surface area (Å²) in [7, 11) is 0. The van der Waals surface area contributed by atoms with Crippen molar-refractivity contribution in [2.45, 2.75) is 6.42 Å². The van der Waals surface area contributed by atoms with Crippen molar-refractivity contribution >= 4 is 23.2 Å². The summed E-state index contributed by atoms with van der Waals surface area (Å²) in [5, 5.41) is 15.4. The predicted molar refractivity (Wildman–Crippen MR) is 87.8 cm³/mol. The van der Waals surface area contributed by atoms with Gasteiger partial charge >= 0.3 is 0 Å². The lowest BCUT2D eigenvalue weighted by Gasteiger charge is -2.07. The van der Waals surface area contributed by atoms with Gasteiger partial charge in [0.1, 0.15) is 0 Å². The van der Waals surface area contributed by atoms with Gasteiger partial charge in [-0.15, -0.1) is 0 Å². The van der Waals surface area contributed by atoms with Crippen molar-refractivity contribution < 1.29 is 4.79 Å². The van der Waals surface area contributed by atoms with E-state index < -0.39 is 0 Å². The van der Waals surface area contributed by atoms with Crippen molar-refractivity contribution in [1.29, 1.82) is 5.26 Å². The zero-order chi connectivity index (χ0) is 15.8. The number of carbonyl (C=O) groups excluding carboxylic acids is 1. The van der Waals surface area contributed by atoms with E-state index >= 15 is 0 Å². The molecular formula is C17H16ClN3O. The van der Waals surface area contributed by atoms with Gasteiger partial charge in [0, 0.05) is 10.7 Å². The van der Waals surface area contributed by atoms with Crippen LogP contribution in [0, 0.1) is 11.3 Å². The van der Waals surface area contributed by atoms with Crippen LogP contribution in [-0.4, -0.2) is 19.0 Å². The van der Waals surface area contributed by atoms with Crippen LogP contribution < -0.4 is 10.6 Å². The minimum absolute atomic E-state index is 0.133. The van der Waals surface area contributed by atoms with E-state index in [0.29, 0.717) is 17.8 Å². The van der Waals surface area contributed by atoms with E-state index in [2.05, 4.69) is 10.6 Å². The van der Waals surface area contributed by atoms with E-state index in [0.717, 1.165) is 11.4 Å². The average molecular weight is 314 g/mol. The summed E-state index contributed by atoms with van der Waals surface area (Å²) < 4.78 is 0. The minimum atomic E-state index is -0.133. The molecule has 2 aromatic carbocycles. The lowest BCUT2D eigenvalue weighted by molar-refractivity contribution is -0.115. The lowest BCUT2D eigenvalue weighted by Crippen LogP contribution is -2.29. The van der Waals surface area contributed by atoms with Gasteiger partial charge in [0.25, 0.3) is 0 Å². The SMILES string of the molecule is N#Cc1cccc(NC(=O)CNCCc2ccc(Cl)cc2)c1. The Balaban J connectivity index is 1.71. The second-order valence-electron chi connectivity index (χ2n) is 4.79. The van der Waals surface area contributed by atoms with Crippen molar-refractivity contribution in [3.05, 3.63) is 64.7 Å². The Labute approximate surface area is 134 Å². The molecule has 22 heavy (non-hydrogen) atoms. The van der Waals surface area contributed by atoms with E-state index in [1.165, 1.54) is 5.56 Å². The van der Waals surface area contributed by atoms with E-state index in [1.54, 1.807) is 24.3 Å². The van der Waals surface area contributed by atoms with Crippen LogP contribution >= 0.6 is 11.6 Å². The summed E-state index contributed by atoms with van der Waals surface area (Å²) in [4.78, 5) is 11.8.